The topological polar surface area (TPSA) is 70.5 Å². The molecular weight excluding hydrogens is 332 g/mol. The Morgan fingerprint density at radius 2 is 2.09 bits per heavy atom. The summed E-state index contributed by atoms with van der Waals surface area (Å²) in [4.78, 5) is 31.3. The van der Waals surface area contributed by atoms with Crippen LogP contribution >= 0.6 is 23.1 Å². The van der Waals surface area contributed by atoms with Gasteiger partial charge in [0.2, 0.25) is 0 Å². The van der Waals surface area contributed by atoms with E-state index in [9.17, 15) is 9.59 Å². The van der Waals surface area contributed by atoms with Crippen LogP contribution in [0.4, 0.5) is 0 Å². The zero-order valence-corrected chi connectivity index (χ0v) is 14.8. The van der Waals surface area contributed by atoms with Gasteiger partial charge in [0.15, 0.2) is 0 Å². The molecule has 0 aliphatic carbocycles. The van der Waals surface area contributed by atoms with Gasteiger partial charge in [-0.1, -0.05) is 12.1 Å². The predicted molar refractivity (Wildman–Crippen MR) is 92.0 cm³/mol. The van der Waals surface area contributed by atoms with Crippen LogP contribution in [-0.4, -0.2) is 39.2 Å². The molecule has 1 unspecified atom stereocenters. The number of carbonyl (C=O) groups excluding carboxylic acids is 1. The molecule has 122 valence electrons. The van der Waals surface area contributed by atoms with Crippen LogP contribution in [0.2, 0.25) is 0 Å². The first kappa shape index (κ1) is 17.5. The summed E-state index contributed by atoms with van der Waals surface area (Å²) in [5.41, 5.74) is 3.22. The molecule has 1 aromatic heterocycles. The third-order valence-electron chi connectivity index (χ3n) is 3.34. The number of carboxylic acids is 1. The van der Waals surface area contributed by atoms with Gasteiger partial charge in [-0.3, -0.25) is 9.59 Å². The van der Waals surface area contributed by atoms with Gasteiger partial charge in [-0.05, 0) is 26.0 Å². The molecule has 2 aromatic rings. The van der Waals surface area contributed by atoms with Gasteiger partial charge in [0.25, 0.3) is 5.91 Å². The second-order valence-electron chi connectivity index (χ2n) is 5.12. The average Bonchev–Trinajstić information content (AvgIpc) is 2.92. The highest BCUT2D eigenvalue weighted by Crippen LogP contribution is 2.28. The van der Waals surface area contributed by atoms with Gasteiger partial charge in [-0.15, -0.1) is 23.1 Å². The minimum Gasteiger partial charge on any atom is -0.480 e. The molecule has 1 N–H and O–H groups in total. The number of hydrogen-bond donors (Lipinski definition) is 1. The number of thioether (sulfide) groups is 1. The maximum absolute atomic E-state index is 12.7. The van der Waals surface area contributed by atoms with Crippen molar-refractivity contribution < 1.29 is 14.7 Å². The monoisotopic (exact) mass is 350 g/mol. The third kappa shape index (κ3) is 4.33. The number of hydrogen-bond acceptors (Lipinski definition) is 5. The summed E-state index contributed by atoms with van der Waals surface area (Å²) in [6.07, 6.45) is 0. The van der Waals surface area contributed by atoms with Gasteiger partial charge in [-0.25, -0.2) is 4.98 Å². The minimum absolute atomic E-state index is 0.126. The molecule has 0 fully saturated rings. The first-order valence-electron chi connectivity index (χ1n) is 7.03. The van der Waals surface area contributed by atoms with E-state index in [1.54, 1.807) is 48.6 Å². The van der Waals surface area contributed by atoms with Gasteiger partial charge < -0.3 is 10.0 Å². The summed E-state index contributed by atoms with van der Waals surface area (Å²) in [5.74, 6) is -1.02. The van der Waals surface area contributed by atoms with E-state index in [0.29, 0.717) is 17.0 Å². The molecule has 0 spiro atoms. The van der Waals surface area contributed by atoms with Crippen molar-refractivity contribution in [2.45, 2.75) is 30.5 Å². The SMILES string of the molecule is Cc1ncsc1CN(C)C(=O)c1ccccc1SC(C)C(=O)O. The van der Waals surface area contributed by atoms with Crippen molar-refractivity contribution in [1.82, 2.24) is 9.88 Å². The van der Waals surface area contributed by atoms with E-state index in [1.165, 1.54) is 23.1 Å². The molecule has 7 heteroatoms. The zero-order valence-electron chi connectivity index (χ0n) is 13.1. The Morgan fingerprint density at radius 1 is 1.39 bits per heavy atom. The summed E-state index contributed by atoms with van der Waals surface area (Å²) in [6.45, 7) is 4.02. The first-order chi connectivity index (χ1) is 10.9. The second-order valence-corrected chi connectivity index (χ2v) is 7.44. The lowest BCUT2D eigenvalue weighted by molar-refractivity contribution is -0.136. The Kier molecular flexibility index (Phi) is 5.79. The normalized spacial score (nSPS) is 12.0. The average molecular weight is 350 g/mol. The number of aryl methyl sites for hydroxylation is 1. The number of nitrogens with zero attached hydrogens (tertiary/aromatic N) is 2. The number of rotatable bonds is 6. The molecule has 5 nitrogen and oxygen atoms in total. The van der Waals surface area contributed by atoms with Crippen molar-refractivity contribution in [3.05, 3.63) is 45.9 Å². The van der Waals surface area contributed by atoms with Crippen LogP contribution < -0.4 is 0 Å². The van der Waals surface area contributed by atoms with Crippen LogP contribution in [0.3, 0.4) is 0 Å². The lowest BCUT2D eigenvalue weighted by atomic mass is 10.2. The molecule has 0 aliphatic rings. The van der Waals surface area contributed by atoms with Gasteiger partial charge in [0.1, 0.15) is 5.25 Å². The smallest absolute Gasteiger partial charge is 0.316 e. The van der Waals surface area contributed by atoms with Gasteiger partial charge in [0, 0.05) is 16.8 Å². The highest BCUT2D eigenvalue weighted by Gasteiger charge is 2.20. The van der Waals surface area contributed by atoms with Crippen LogP contribution in [-0.2, 0) is 11.3 Å². The van der Waals surface area contributed by atoms with Crippen molar-refractivity contribution >= 4 is 35.0 Å². The fraction of sp³-hybridized carbons (Fsp3) is 0.312. The van der Waals surface area contributed by atoms with Crippen molar-refractivity contribution in [1.29, 1.82) is 0 Å². The second kappa shape index (κ2) is 7.61. The Hall–Kier alpha value is -1.86. The van der Waals surface area contributed by atoms with Crippen LogP contribution in [0.15, 0.2) is 34.7 Å². The highest BCUT2D eigenvalue weighted by atomic mass is 32.2. The molecule has 1 heterocycles. The number of carboxylic acid groups (broad SMARTS) is 1. The standard InChI is InChI=1S/C16H18N2O3S2/c1-10-14(22-9-17-10)8-18(3)15(19)12-6-4-5-7-13(12)23-11(2)16(20)21/h4-7,9,11H,8H2,1-3H3,(H,20,21). The zero-order chi connectivity index (χ0) is 17.0. The Morgan fingerprint density at radius 3 is 2.70 bits per heavy atom. The third-order valence-corrected chi connectivity index (χ3v) is 5.43. The fourth-order valence-electron chi connectivity index (χ4n) is 1.96. The van der Waals surface area contributed by atoms with E-state index >= 15 is 0 Å². The summed E-state index contributed by atoms with van der Waals surface area (Å²) >= 11 is 2.70. The van der Waals surface area contributed by atoms with Crippen molar-refractivity contribution in [2.24, 2.45) is 0 Å². The quantitative estimate of drug-likeness (QED) is 0.810. The number of thiazole rings is 1. The van der Waals surface area contributed by atoms with Crippen molar-refractivity contribution in [3.8, 4) is 0 Å². The van der Waals surface area contributed by atoms with Crippen molar-refractivity contribution in [3.63, 3.8) is 0 Å². The molecule has 1 atom stereocenters. The molecule has 0 radical (unpaired) electrons. The van der Waals surface area contributed by atoms with Gasteiger partial charge in [-0.2, -0.15) is 0 Å². The minimum atomic E-state index is -0.897. The Bertz CT molecular complexity index is 715. The number of amides is 1. The molecule has 1 aromatic carbocycles. The van der Waals surface area contributed by atoms with Gasteiger partial charge >= 0.3 is 5.97 Å². The maximum Gasteiger partial charge on any atom is 0.316 e. The van der Waals surface area contributed by atoms with E-state index in [2.05, 4.69) is 4.98 Å². The van der Waals surface area contributed by atoms with Crippen molar-refractivity contribution in [2.75, 3.05) is 7.05 Å². The van der Waals surface area contributed by atoms with E-state index < -0.39 is 11.2 Å². The van der Waals surface area contributed by atoms with Crippen LogP contribution in [0.25, 0.3) is 0 Å². The molecule has 0 saturated heterocycles. The number of benzene rings is 1. The van der Waals surface area contributed by atoms with Crippen LogP contribution in [0, 0.1) is 6.92 Å². The Balaban J connectivity index is 2.18. The largest absolute Gasteiger partial charge is 0.480 e. The number of aliphatic carboxylic acids is 1. The molecule has 0 aliphatic heterocycles. The molecular formula is C16H18N2O3S2. The summed E-state index contributed by atoms with van der Waals surface area (Å²) in [5, 5.41) is 8.45. The van der Waals surface area contributed by atoms with E-state index in [-0.39, 0.29) is 5.91 Å². The predicted octanol–water partition coefficient (Wildman–Crippen LogP) is 3.29. The first-order valence-corrected chi connectivity index (χ1v) is 8.79. The Labute approximate surface area is 143 Å². The summed E-state index contributed by atoms with van der Waals surface area (Å²) in [7, 11) is 1.74. The van der Waals surface area contributed by atoms with Crippen LogP contribution in [0.1, 0.15) is 27.9 Å². The van der Waals surface area contributed by atoms with Crippen LogP contribution in [0.5, 0.6) is 0 Å². The lowest BCUT2D eigenvalue weighted by Gasteiger charge is -2.19. The molecule has 0 saturated carbocycles. The van der Waals surface area contributed by atoms with E-state index in [4.69, 9.17) is 5.11 Å². The number of aromatic nitrogens is 1. The maximum atomic E-state index is 12.7. The van der Waals surface area contributed by atoms with E-state index in [0.717, 1.165) is 10.6 Å². The molecule has 23 heavy (non-hydrogen) atoms. The molecule has 2 rings (SSSR count). The fourth-order valence-corrected chi connectivity index (χ4v) is 3.71. The summed E-state index contributed by atoms with van der Waals surface area (Å²) < 4.78 is 0. The van der Waals surface area contributed by atoms with Gasteiger partial charge in [0.05, 0.1) is 23.3 Å². The molecule has 0 bridgehead atoms. The van der Waals surface area contributed by atoms with E-state index in [1.807, 2.05) is 6.92 Å². The molecule has 1 amide bonds. The highest BCUT2D eigenvalue weighted by molar-refractivity contribution is 8.00. The number of carbonyl (C=O) groups is 2. The lowest BCUT2D eigenvalue weighted by Crippen LogP contribution is -2.26. The summed E-state index contributed by atoms with van der Waals surface area (Å²) in [6, 6.07) is 7.11.